The molecule has 8 heteroatoms. The number of fused-ring (bicyclic) bond motifs is 1. The molecular formula is C26H23Cl2FN4O. The van der Waals surface area contributed by atoms with Gasteiger partial charge in [-0.15, -0.1) is 23.2 Å². The molecular weight excluding hydrogens is 474 g/mol. The van der Waals surface area contributed by atoms with Crippen LogP contribution in [0, 0.1) is 5.82 Å². The molecule has 1 aromatic heterocycles. The van der Waals surface area contributed by atoms with Crippen LogP contribution in [0.5, 0.6) is 0 Å². The molecule has 0 fully saturated rings. The molecule has 0 radical (unpaired) electrons. The van der Waals surface area contributed by atoms with Crippen molar-refractivity contribution in [2.24, 2.45) is 0 Å². The van der Waals surface area contributed by atoms with Crippen molar-refractivity contribution in [2.45, 2.75) is 0 Å². The number of para-hydroxylation sites is 1. The molecule has 0 saturated heterocycles. The first-order valence-corrected chi connectivity index (χ1v) is 11.8. The number of amides is 2. The second kappa shape index (κ2) is 11.2. The molecule has 3 aromatic carbocycles. The van der Waals surface area contributed by atoms with E-state index in [2.05, 4.69) is 20.5 Å². The predicted octanol–water partition coefficient (Wildman–Crippen LogP) is 6.97. The number of hydrogen-bond acceptors (Lipinski definition) is 3. The highest BCUT2D eigenvalue weighted by Gasteiger charge is 2.11. The van der Waals surface area contributed by atoms with Gasteiger partial charge in [-0.1, -0.05) is 18.2 Å². The van der Waals surface area contributed by atoms with Crippen molar-refractivity contribution in [3.8, 4) is 11.3 Å². The monoisotopic (exact) mass is 496 g/mol. The van der Waals surface area contributed by atoms with Gasteiger partial charge in [-0.3, -0.25) is 0 Å². The average Bonchev–Trinajstić information content (AvgIpc) is 2.85. The highest BCUT2D eigenvalue weighted by molar-refractivity contribution is 6.18. The Bertz CT molecular complexity index is 1260. The molecule has 2 amide bonds. The van der Waals surface area contributed by atoms with E-state index in [1.54, 1.807) is 18.2 Å². The summed E-state index contributed by atoms with van der Waals surface area (Å²) in [5.41, 5.74) is 4.35. The van der Waals surface area contributed by atoms with Crippen molar-refractivity contribution in [1.82, 2.24) is 4.98 Å². The maximum atomic E-state index is 13.4. The molecule has 1 heterocycles. The number of aromatic nitrogens is 1. The maximum absolute atomic E-state index is 13.4. The SMILES string of the molecule is O=C(Nc1ccc(N(CCCl)CCCl)cc1)Nc1cc(-c2ccc(F)cc2)nc2ccccc12. The molecule has 0 atom stereocenters. The van der Waals surface area contributed by atoms with E-state index in [0.29, 0.717) is 41.9 Å². The number of carbonyl (C=O) groups is 1. The summed E-state index contributed by atoms with van der Waals surface area (Å²) in [6, 6.07) is 22.5. The molecule has 0 aliphatic carbocycles. The van der Waals surface area contributed by atoms with Crippen LogP contribution in [0.3, 0.4) is 0 Å². The van der Waals surface area contributed by atoms with Gasteiger partial charge < -0.3 is 15.5 Å². The Morgan fingerprint density at radius 2 is 1.56 bits per heavy atom. The van der Waals surface area contributed by atoms with Crippen LogP contribution in [0.1, 0.15) is 0 Å². The van der Waals surface area contributed by atoms with Crippen molar-refractivity contribution in [3.63, 3.8) is 0 Å². The number of hydrogen-bond donors (Lipinski definition) is 2. The van der Waals surface area contributed by atoms with Gasteiger partial charge in [-0.05, 0) is 60.7 Å². The van der Waals surface area contributed by atoms with Crippen LogP contribution in [-0.4, -0.2) is 35.9 Å². The largest absolute Gasteiger partial charge is 0.369 e. The van der Waals surface area contributed by atoms with Gasteiger partial charge >= 0.3 is 6.03 Å². The molecule has 0 aliphatic heterocycles. The summed E-state index contributed by atoms with van der Waals surface area (Å²) < 4.78 is 13.4. The fourth-order valence-electron chi connectivity index (χ4n) is 3.66. The summed E-state index contributed by atoms with van der Waals surface area (Å²) in [6.45, 7) is 1.38. The van der Waals surface area contributed by atoms with Crippen LogP contribution in [0.2, 0.25) is 0 Å². The summed E-state index contributed by atoms with van der Waals surface area (Å²) in [6.07, 6.45) is 0. The first kappa shape index (κ1) is 23.8. The van der Waals surface area contributed by atoms with Gasteiger partial charge in [0.1, 0.15) is 5.82 Å². The zero-order valence-electron chi connectivity index (χ0n) is 18.3. The lowest BCUT2D eigenvalue weighted by Gasteiger charge is -2.23. The van der Waals surface area contributed by atoms with E-state index in [4.69, 9.17) is 23.2 Å². The van der Waals surface area contributed by atoms with Crippen molar-refractivity contribution in [2.75, 3.05) is 40.4 Å². The summed E-state index contributed by atoms with van der Waals surface area (Å²) in [5, 5.41) is 6.59. The van der Waals surface area contributed by atoms with E-state index in [-0.39, 0.29) is 11.8 Å². The van der Waals surface area contributed by atoms with Crippen LogP contribution in [0.4, 0.5) is 26.2 Å². The van der Waals surface area contributed by atoms with Gasteiger partial charge in [0, 0.05) is 47.2 Å². The molecule has 34 heavy (non-hydrogen) atoms. The predicted molar refractivity (Wildman–Crippen MR) is 140 cm³/mol. The van der Waals surface area contributed by atoms with Gasteiger partial charge in [0.25, 0.3) is 0 Å². The molecule has 0 aliphatic rings. The molecule has 0 bridgehead atoms. The zero-order chi connectivity index (χ0) is 23.9. The summed E-state index contributed by atoms with van der Waals surface area (Å²) in [5.74, 6) is 0.680. The normalized spacial score (nSPS) is 10.8. The molecule has 174 valence electrons. The number of nitrogens with zero attached hydrogens (tertiary/aromatic N) is 2. The van der Waals surface area contributed by atoms with Gasteiger partial charge in [-0.2, -0.15) is 0 Å². The Labute approximate surface area is 207 Å². The average molecular weight is 497 g/mol. The Hall–Kier alpha value is -3.35. The first-order valence-electron chi connectivity index (χ1n) is 10.8. The number of pyridine rings is 1. The summed E-state index contributed by atoms with van der Waals surface area (Å²) in [4.78, 5) is 19.6. The van der Waals surface area contributed by atoms with E-state index in [0.717, 1.165) is 22.2 Å². The van der Waals surface area contributed by atoms with Gasteiger partial charge in [0.15, 0.2) is 0 Å². The number of halogens is 3. The lowest BCUT2D eigenvalue weighted by molar-refractivity contribution is 0.262. The first-order chi connectivity index (χ1) is 16.6. The third-order valence-corrected chi connectivity index (χ3v) is 5.64. The summed E-state index contributed by atoms with van der Waals surface area (Å²) in [7, 11) is 0. The Morgan fingerprint density at radius 3 is 2.24 bits per heavy atom. The lowest BCUT2D eigenvalue weighted by atomic mass is 10.1. The van der Waals surface area contributed by atoms with Gasteiger partial charge in [0.2, 0.25) is 0 Å². The minimum absolute atomic E-state index is 0.318. The van der Waals surface area contributed by atoms with E-state index in [1.165, 1.54) is 12.1 Å². The van der Waals surface area contributed by atoms with Crippen molar-refractivity contribution in [3.05, 3.63) is 84.7 Å². The molecule has 0 spiro atoms. The molecule has 5 nitrogen and oxygen atoms in total. The van der Waals surface area contributed by atoms with E-state index < -0.39 is 0 Å². The van der Waals surface area contributed by atoms with Crippen molar-refractivity contribution in [1.29, 1.82) is 0 Å². The molecule has 0 unspecified atom stereocenters. The highest BCUT2D eigenvalue weighted by Crippen LogP contribution is 2.29. The Balaban J connectivity index is 1.54. The number of nitrogens with one attached hydrogen (secondary N) is 2. The number of carbonyl (C=O) groups excluding carboxylic acids is 1. The number of urea groups is 1. The summed E-state index contributed by atoms with van der Waals surface area (Å²) >= 11 is 11.8. The van der Waals surface area contributed by atoms with Crippen molar-refractivity contribution < 1.29 is 9.18 Å². The molecule has 2 N–H and O–H groups in total. The van der Waals surface area contributed by atoms with Crippen LogP contribution >= 0.6 is 23.2 Å². The molecule has 4 aromatic rings. The molecule has 4 rings (SSSR count). The fourth-order valence-corrected chi connectivity index (χ4v) is 4.07. The zero-order valence-corrected chi connectivity index (χ0v) is 19.8. The second-order valence-electron chi connectivity index (χ2n) is 7.57. The van der Waals surface area contributed by atoms with E-state index >= 15 is 0 Å². The Morgan fingerprint density at radius 1 is 0.882 bits per heavy atom. The standard InChI is InChI=1S/C26H23Cl2FN4O/c27-13-15-33(16-14-28)21-11-9-20(10-12-21)30-26(34)32-25-17-24(18-5-7-19(29)8-6-18)31-23-4-2-1-3-22(23)25/h1-12,17H,13-16H2,(H2,30,31,32,34). The third kappa shape index (κ3) is 5.76. The topological polar surface area (TPSA) is 57.3 Å². The Kier molecular flexibility index (Phi) is 7.83. The van der Waals surface area contributed by atoms with E-state index in [1.807, 2.05) is 48.5 Å². The van der Waals surface area contributed by atoms with Crippen LogP contribution in [0.15, 0.2) is 78.9 Å². The maximum Gasteiger partial charge on any atom is 0.323 e. The number of alkyl halides is 2. The van der Waals surface area contributed by atoms with E-state index in [9.17, 15) is 9.18 Å². The highest BCUT2D eigenvalue weighted by atomic mass is 35.5. The number of anilines is 3. The minimum Gasteiger partial charge on any atom is -0.369 e. The lowest BCUT2D eigenvalue weighted by Crippen LogP contribution is -2.27. The fraction of sp³-hybridized carbons (Fsp3) is 0.154. The smallest absolute Gasteiger partial charge is 0.323 e. The number of rotatable bonds is 8. The van der Waals surface area contributed by atoms with Crippen molar-refractivity contribution >= 4 is 57.2 Å². The van der Waals surface area contributed by atoms with Gasteiger partial charge in [0.05, 0.1) is 16.9 Å². The third-order valence-electron chi connectivity index (χ3n) is 5.30. The van der Waals surface area contributed by atoms with Crippen LogP contribution in [-0.2, 0) is 0 Å². The number of benzene rings is 3. The minimum atomic E-state index is -0.382. The quantitative estimate of drug-likeness (QED) is 0.259. The molecule has 0 saturated carbocycles. The van der Waals surface area contributed by atoms with Crippen LogP contribution < -0.4 is 15.5 Å². The second-order valence-corrected chi connectivity index (χ2v) is 8.33. The van der Waals surface area contributed by atoms with Crippen LogP contribution in [0.25, 0.3) is 22.2 Å². The van der Waals surface area contributed by atoms with Gasteiger partial charge in [-0.25, -0.2) is 14.2 Å².